The molecule has 0 aliphatic rings. The standard InChI is InChI=1S/C15H10ClFO4/c16-9-5-6-13(18)11(7-9)15(20)21-8-14(19)10-3-1-2-4-12(10)17/h1-7,18H,8H2. The monoisotopic (exact) mass is 308 g/mol. The second kappa shape index (κ2) is 6.37. The number of halogens is 2. The minimum Gasteiger partial charge on any atom is -0.507 e. The van der Waals surface area contributed by atoms with Crippen LogP contribution in [0.1, 0.15) is 20.7 Å². The Bertz CT molecular complexity index is 700. The molecule has 108 valence electrons. The summed E-state index contributed by atoms with van der Waals surface area (Å²) in [5.74, 6) is -2.60. The Morgan fingerprint density at radius 1 is 1.14 bits per heavy atom. The lowest BCUT2D eigenvalue weighted by molar-refractivity contribution is 0.0470. The van der Waals surface area contributed by atoms with E-state index in [2.05, 4.69) is 0 Å². The molecule has 0 atom stereocenters. The number of phenols is 1. The number of hydrogen-bond donors (Lipinski definition) is 1. The summed E-state index contributed by atoms with van der Waals surface area (Å²) >= 11 is 5.70. The van der Waals surface area contributed by atoms with Crippen LogP contribution in [0.4, 0.5) is 4.39 Å². The Labute approximate surface area is 124 Å². The largest absolute Gasteiger partial charge is 0.507 e. The zero-order chi connectivity index (χ0) is 15.4. The summed E-state index contributed by atoms with van der Waals surface area (Å²) in [5.41, 5.74) is -0.329. The lowest BCUT2D eigenvalue weighted by Gasteiger charge is -2.06. The number of rotatable bonds is 4. The van der Waals surface area contributed by atoms with Crippen molar-refractivity contribution in [1.29, 1.82) is 0 Å². The average molecular weight is 309 g/mol. The molecule has 0 amide bonds. The number of carbonyl (C=O) groups is 2. The first-order valence-corrected chi connectivity index (χ1v) is 6.30. The summed E-state index contributed by atoms with van der Waals surface area (Å²) < 4.78 is 18.1. The molecule has 0 fully saturated rings. The van der Waals surface area contributed by atoms with Gasteiger partial charge in [0.15, 0.2) is 6.61 Å². The predicted octanol–water partition coefficient (Wildman–Crippen LogP) is 3.22. The molecule has 0 unspecified atom stereocenters. The Hall–Kier alpha value is -2.40. The maximum absolute atomic E-state index is 13.4. The van der Waals surface area contributed by atoms with Gasteiger partial charge < -0.3 is 9.84 Å². The van der Waals surface area contributed by atoms with Gasteiger partial charge in [-0.3, -0.25) is 4.79 Å². The highest BCUT2D eigenvalue weighted by Crippen LogP contribution is 2.22. The van der Waals surface area contributed by atoms with Crippen LogP contribution in [0.5, 0.6) is 5.75 Å². The third-order valence-corrected chi connectivity index (χ3v) is 2.92. The van der Waals surface area contributed by atoms with Crippen molar-refractivity contribution >= 4 is 23.4 Å². The summed E-state index contributed by atoms with van der Waals surface area (Å²) in [7, 11) is 0. The van der Waals surface area contributed by atoms with Crippen LogP contribution < -0.4 is 0 Å². The van der Waals surface area contributed by atoms with Crippen LogP contribution in [0.2, 0.25) is 5.02 Å². The summed E-state index contributed by atoms with van der Waals surface area (Å²) in [6, 6.07) is 9.23. The fourth-order valence-electron chi connectivity index (χ4n) is 1.65. The highest BCUT2D eigenvalue weighted by molar-refractivity contribution is 6.31. The van der Waals surface area contributed by atoms with E-state index in [1.165, 1.54) is 36.4 Å². The van der Waals surface area contributed by atoms with E-state index in [9.17, 15) is 19.1 Å². The van der Waals surface area contributed by atoms with E-state index in [-0.39, 0.29) is 21.9 Å². The molecular formula is C15H10ClFO4. The van der Waals surface area contributed by atoms with Crippen LogP contribution >= 0.6 is 11.6 Å². The molecule has 0 saturated heterocycles. The molecule has 0 spiro atoms. The van der Waals surface area contributed by atoms with Crippen molar-refractivity contribution in [3.05, 3.63) is 64.4 Å². The Morgan fingerprint density at radius 2 is 1.86 bits per heavy atom. The highest BCUT2D eigenvalue weighted by Gasteiger charge is 2.17. The quantitative estimate of drug-likeness (QED) is 0.696. The number of hydrogen-bond acceptors (Lipinski definition) is 4. The number of esters is 1. The summed E-state index contributed by atoms with van der Waals surface area (Å²) in [4.78, 5) is 23.5. The molecule has 0 bridgehead atoms. The van der Waals surface area contributed by atoms with Gasteiger partial charge in [0.2, 0.25) is 5.78 Å². The lowest BCUT2D eigenvalue weighted by atomic mass is 10.1. The van der Waals surface area contributed by atoms with Gasteiger partial charge in [0.1, 0.15) is 17.1 Å². The fourth-order valence-corrected chi connectivity index (χ4v) is 1.82. The lowest BCUT2D eigenvalue weighted by Crippen LogP contribution is -2.15. The van der Waals surface area contributed by atoms with Crippen LogP contribution in [-0.4, -0.2) is 23.5 Å². The van der Waals surface area contributed by atoms with Crippen molar-refractivity contribution in [2.45, 2.75) is 0 Å². The smallest absolute Gasteiger partial charge is 0.342 e. The van der Waals surface area contributed by atoms with Crippen molar-refractivity contribution in [2.75, 3.05) is 6.61 Å². The first-order chi connectivity index (χ1) is 9.99. The molecule has 6 heteroatoms. The van der Waals surface area contributed by atoms with Crippen LogP contribution in [0.25, 0.3) is 0 Å². The van der Waals surface area contributed by atoms with Crippen molar-refractivity contribution in [3.63, 3.8) is 0 Å². The van der Waals surface area contributed by atoms with Gasteiger partial charge in [0.05, 0.1) is 5.56 Å². The molecule has 2 rings (SSSR count). The fraction of sp³-hybridized carbons (Fsp3) is 0.0667. The van der Waals surface area contributed by atoms with Crippen molar-refractivity contribution < 1.29 is 23.8 Å². The molecule has 0 radical (unpaired) electrons. The van der Waals surface area contributed by atoms with E-state index in [0.29, 0.717) is 0 Å². The number of benzene rings is 2. The van der Waals surface area contributed by atoms with Gasteiger partial charge in [0.25, 0.3) is 0 Å². The van der Waals surface area contributed by atoms with E-state index < -0.39 is 24.2 Å². The van der Waals surface area contributed by atoms with Gasteiger partial charge in [-0.25, -0.2) is 9.18 Å². The molecule has 0 aliphatic carbocycles. The normalized spacial score (nSPS) is 10.2. The topological polar surface area (TPSA) is 63.6 Å². The molecule has 2 aromatic rings. The first-order valence-electron chi connectivity index (χ1n) is 5.92. The molecule has 0 saturated carbocycles. The summed E-state index contributed by atoms with van der Waals surface area (Å²) in [6.45, 7) is -0.633. The molecule has 21 heavy (non-hydrogen) atoms. The summed E-state index contributed by atoms with van der Waals surface area (Å²) in [6.07, 6.45) is 0. The van der Waals surface area contributed by atoms with Crippen LogP contribution in [0.15, 0.2) is 42.5 Å². The zero-order valence-electron chi connectivity index (χ0n) is 10.7. The number of Topliss-reactive ketones (excluding diaryl/α,β-unsaturated/α-hetero) is 1. The molecular weight excluding hydrogens is 299 g/mol. The van der Waals surface area contributed by atoms with Crippen molar-refractivity contribution in [2.24, 2.45) is 0 Å². The second-order valence-corrected chi connectivity index (χ2v) is 4.58. The van der Waals surface area contributed by atoms with Crippen LogP contribution in [-0.2, 0) is 4.74 Å². The Kier molecular flexibility index (Phi) is 4.55. The van der Waals surface area contributed by atoms with Gasteiger partial charge in [-0.15, -0.1) is 0 Å². The number of carbonyl (C=O) groups excluding carboxylic acids is 2. The van der Waals surface area contributed by atoms with Gasteiger partial charge in [-0.1, -0.05) is 23.7 Å². The van der Waals surface area contributed by atoms with Crippen molar-refractivity contribution in [1.82, 2.24) is 0 Å². The highest BCUT2D eigenvalue weighted by atomic mass is 35.5. The molecule has 0 aliphatic heterocycles. The van der Waals surface area contributed by atoms with E-state index in [1.807, 2.05) is 0 Å². The first kappa shape index (κ1) is 15.0. The maximum atomic E-state index is 13.4. The molecule has 0 aromatic heterocycles. The van der Waals surface area contributed by atoms with E-state index >= 15 is 0 Å². The number of ketones is 1. The third kappa shape index (κ3) is 3.58. The molecule has 0 heterocycles. The Morgan fingerprint density at radius 3 is 2.57 bits per heavy atom. The van der Waals surface area contributed by atoms with E-state index in [1.54, 1.807) is 0 Å². The van der Waals surface area contributed by atoms with Crippen molar-refractivity contribution in [3.8, 4) is 5.75 Å². The SMILES string of the molecule is O=C(OCC(=O)c1ccccc1F)c1cc(Cl)ccc1O. The average Bonchev–Trinajstić information content (AvgIpc) is 2.47. The van der Waals surface area contributed by atoms with Gasteiger partial charge in [0, 0.05) is 5.02 Å². The summed E-state index contributed by atoms with van der Waals surface area (Å²) in [5, 5.41) is 9.76. The third-order valence-electron chi connectivity index (χ3n) is 2.69. The minimum absolute atomic E-state index is 0.163. The number of ether oxygens (including phenoxy) is 1. The predicted molar refractivity (Wildman–Crippen MR) is 74.1 cm³/mol. The van der Waals surface area contributed by atoms with Gasteiger partial charge in [-0.05, 0) is 30.3 Å². The minimum atomic E-state index is -0.917. The van der Waals surface area contributed by atoms with E-state index in [0.717, 1.165) is 6.07 Å². The van der Waals surface area contributed by atoms with E-state index in [4.69, 9.17) is 16.3 Å². The molecule has 1 N–H and O–H groups in total. The number of phenolic OH excluding ortho intramolecular Hbond substituents is 1. The van der Waals surface area contributed by atoms with Gasteiger partial charge >= 0.3 is 5.97 Å². The molecule has 4 nitrogen and oxygen atoms in total. The van der Waals surface area contributed by atoms with Crippen LogP contribution in [0.3, 0.4) is 0 Å². The van der Waals surface area contributed by atoms with Crippen LogP contribution in [0, 0.1) is 5.82 Å². The second-order valence-electron chi connectivity index (χ2n) is 4.14. The number of aromatic hydroxyl groups is 1. The van der Waals surface area contributed by atoms with Gasteiger partial charge in [-0.2, -0.15) is 0 Å². The Balaban J connectivity index is 2.06. The maximum Gasteiger partial charge on any atom is 0.342 e. The molecule has 2 aromatic carbocycles. The zero-order valence-corrected chi connectivity index (χ0v) is 11.4.